The maximum absolute atomic E-state index is 11.4. The average Bonchev–Trinajstić information content (AvgIpc) is 3.06. The van der Waals surface area contributed by atoms with E-state index in [-0.39, 0.29) is 11.7 Å². The number of hydrogen-bond donors (Lipinski definition) is 2. The zero-order valence-corrected chi connectivity index (χ0v) is 12.5. The minimum atomic E-state index is -1.04. The Hall–Kier alpha value is -3.48. The van der Waals surface area contributed by atoms with Gasteiger partial charge < -0.3 is 10.4 Å². The third-order valence-electron chi connectivity index (χ3n) is 3.75. The number of aliphatic carboxylic acids is 1. The summed E-state index contributed by atoms with van der Waals surface area (Å²) < 4.78 is 1.67. The summed E-state index contributed by atoms with van der Waals surface area (Å²) in [5.74, 6) is -0.117. The Bertz CT molecular complexity index is 919. The molecule has 0 fully saturated rings. The first-order chi connectivity index (χ1) is 11.7. The fourth-order valence-corrected chi connectivity index (χ4v) is 2.62. The van der Waals surface area contributed by atoms with Crippen LogP contribution < -0.4 is 5.32 Å². The smallest absolute Gasteiger partial charge is 0.352 e. The summed E-state index contributed by atoms with van der Waals surface area (Å²) in [6.45, 7) is 0. The lowest BCUT2D eigenvalue weighted by atomic mass is 10.1. The van der Waals surface area contributed by atoms with Crippen molar-refractivity contribution < 1.29 is 9.90 Å². The standard InChI is InChI=1S/C17H13N5O2/c23-16(24)13-9-14(12-7-4-8-18-10-12)22-17(19-13)20-15(21-22)11-5-2-1-3-6-11/h1-10,14H,(H,23,24)(H,19,20,21)/t14-/m0/s1. The van der Waals surface area contributed by atoms with Crippen LogP contribution >= 0.6 is 0 Å². The predicted octanol–water partition coefficient (Wildman–Crippen LogP) is 2.32. The molecule has 2 N–H and O–H groups in total. The molecule has 1 aliphatic heterocycles. The molecule has 0 amide bonds. The van der Waals surface area contributed by atoms with Crippen molar-refractivity contribution in [3.63, 3.8) is 0 Å². The number of hydrogen-bond acceptors (Lipinski definition) is 5. The number of fused-ring (bicyclic) bond motifs is 1. The van der Waals surface area contributed by atoms with Gasteiger partial charge in [0.1, 0.15) is 11.7 Å². The number of carbonyl (C=O) groups is 1. The van der Waals surface area contributed by atoms with E-state index in [1.54, 1.807) is 29.2 Å². The zero-order chi connectivity index (χ0) is 16.5. The highest BCUT2D eigenvalue weighted by Gasteiger charge is 2.27. The topological polar surface area (TPSA) is 92.9 Å². The number of carboxylic acid groups (broad SMARTS) is 1. The van der Waals surface area contributed by atoms with E-state index in [2.05, 4.69) is 20.4 Å². The number of anilines is 1. The van der Waals surface area contributed by atoms with Crippen molar-refractivity contribution in [3.8, 4) is 11.4 Å². The number of allylic oxidation sites excluding steroid dienone is 1. The summed E-state index contributed by atoms with van der Waals surface area (Å²) in [4.78, 5) is 20.0. The normalized spacial score (nSPS) is 16.0. The van der Waals surface area contributed by atoms with Crippen molar-refractivity contribution in [2.24, 2.45) is 0 Å². The Labute approximate surface area is 137 Å². The number of nitrogens with zero attached hydrogens (tertiary/aromatic N) is 4. The van der Waals surface area contributed by atoms with Crippen LogP contribution in [-0.4, -0.2) is 30.8 Å². The monoisotopic (exact) mass is 319 g/mol. The van der Waals surface area contributed by atoms with E-state index in [0.29, 0.717) is 11.8 Å². The number of rotatable bonds is 3. The molecule has 4 rings (SSSR count). The lowest BCUT2D eigenvalue weighted by Gasteiger charge is -2.21. The summed E-state index contributed by atoms with van der Waals surface area (Å²) in [7, 11) is 0. The second-order valence-electron chi connectivity index (χ2n) is 5.31. The molecule has 7 nitrogen and oxygen atoms in total. The quantitative estimate of drug-likeness (QED) is 0.769. The van der Waals surface area contributed by atoms with Gasteiger partial charge in [0.05, 0.1) is 0 Å². The molecule has 0 unspecified atom stereocenters. The molecule has 0 aliphatic carbocycles. The average molecular weight is 319 g/mol. The molecular formula is C17H13N5O2. The first-order valence-corrected chi connectivity index (χ1v) is 7.36. The van der Waals surface area contributed by atoms with E-state index >= 15 is 0 Å². The van der Waals surface area contributed by atoms with Crippen molar-refractivity contribution in [1.82, 2.24) is 19.7 Å². The Morgan fingerprint density at radius 1 is 1.17 bits per heavy atom. The summed E-state index contributed by atoms with van der Waals surface area (Å²) in [5.41, 5.74) is 1.77. The van der Waals surface area contributed by atoms with E-state index in [1.807, 2.05) is 36.4 Å². The molecule has 3 aromatic rings. The SMILES string of the molecule is O=C(O)C1=C[C@@H](c2cccnc2)n2nc(-c3ccccc3)nc2N1. The van der Waals surface area contributed by atoms with Gasteiger partial charge in [-0.3, -0.25) is 4.98 Å². The molecule has 1 aromatic carbocycles. The van der Waals surface area contributed by atoms with E-state index in [0.717, 1.165) is 11.1 Å². The van der Waals surface area contributed by atoms with Crippen molar-refractivity contribution in [3.05, 3.63) is 72.2 Å². The van der Waals surface area contributed by atoms with Gasteiger partial charge in [-0.1, -0.05) is 36.4 Å². The van der Waals surface area contributed by atoms with E-state index in [1.165, 1.54) is 0 Å². The van der Waals surface area contributed by atoms with E-state index in [9.17, 15) is 9.90 Å². The number of carboxylic acids is 1. The molecule has 1 aliphatic rings. The number of nitrogens with one attached hydrogen (secondary N) is 1. The fourth-order valence-electron chi connectivity index (χ4n) is 2.62. The van der Waals surface area contributed by atoms with Gasteiger partial charge in [-0.25, -0.2) is 9.48 Å². The van der Waals surface area contributed by atoms with Gasteiger partial charge in [0.2, 0.25) is 5.95 Å². The van der Waals surface area contributed by atoms with Crippen LogP contribution in [0, 0.1) is 0 Å². The molecule has 0 radical (unpaired) electrons. The van der Waals surface area contributed by atoms with Gasteiger partial charge in [0.25, 0.3) is 0 Å². The van der Waals surface area contributed by atoms with Gasteiger partial charge in [-0.15, -0.1) is 5.10 Å². The fraction of sp³-hybridized carbons (Fsp3) is 0.0588. The van der Waals surface area contributed by atoms with E-state index in [4.69, 9.17) is 0 Å². The molecule has 0 spiro atoms. The minimum Gasteiger partial charge on any atom is -0.477 e. The first-order valence-electron chi connectivity index (χ1n) is 7.36. The Kier molecular flexibility index (Phi) is 3.31. The lowest BCUT2D eigenvalue weighted by molar-refractivity contribution is -0.132. The van der Waals surface area contributed by atoms with Gasteiger partial charge in [0.15, 0.2) is 5.82 Å². The zero-order valence-electron chi connectivity index (χ0n) is 12.5. The molecule has 24 heavy (non-hydrogen) atoms. The molecule has 3 heterocycles. The van der Waals surface area contributed by atoms with Crippen LogP contribution in [0.5, 0.6) is 0 Å². The van der Waals surface area contributed by atoms with Crippen LogP contribution in [-0.2, 0) is 4.79 Å². The highest BCUT2D eigenvalue weighted by molar-refractivity contribution is 5.90. The van der Waals surface area contributed by atoms with Gasteiger partial charge in [-0.2, -0.15) is 4.98 Å². The maximum Gasteiger partial charge on any atom is 0.352 e. The summed E-state index contributed by atoms with van der Waals surface area (Å²) >= 11 is 0. The minimum absolute atomic E-state index is 0.0726. The molecule has 7 heteroatoms. The molecule has 0 bridgehead atoms. The predicted molar refractivity (Wildman–Crippen MR) is 87.2 cm³/mol. The molecule has 118 valence electrons. The van der Waals surface area contributed by atoms with Crippen molar-refractivity contribution in [2.75, 3.05) is 5.32 Å². The number of pyridine rings is 1. The number of benzene rings is 1. The largest absolute Gasteiger partial charge is 0.477 e. The van der Waals surface area contributed by atoms with Crippen molar-refractivity contribution in [1.29, 1.82) is 0 Å². The summed E-state index contributed by atoms with van der Waals surface area (Å²) in [6.07, 6.45) is 4.97. The summed E-state index contributed by atoms with van der Waals surface area (Å²) in [5, 5.41) is 16.7. The van der Waals surface area contributed by atoms with Gasteiger partial charge in [0, 0.05) is 18.0 Å². The molecular weight excluding hydrogens is 306 g/mol. The Balaban J connectivity index is 1.83. The third-order valence-corrected chi connectivity index (χ3v) is 3.75. The molecule has 0 saturated heterocycles. The first kappa shape index (κ1) is 14.1. The summed E-state index contributed by atoms with van der Waals surface area (Å²) in [6, 6.07) is 12.8. The van der Waals surface area contributed by atoms with Crippen molar-refractivity contribution >= 4 is 11.9 Å². The second-order valence-corrected chi connectivity index (χ2v) is 5.31. The van der Waals surface area contributed by atoms with Crippen LogP contribution in [0.4, 0.5) is 5.95 Å². The lowest BCUT2D eigenvalue weighted by Crippen LogP contribution is -2.24. The Morgan fingerprint density at radius 3 is 2.71 bits per heavy atom. The van der Waals surface area contributed by atoms with Crippen molar-refractivity contribution in [2.45, 2.75) is 6.04 Å². The number of aromatic nitrogens is 4. The highest BCUT2D eigenvalue weighted by atomic mass is 16.4. The van der Waals surface area contributed by atoms with Crippen LogP contribution in [0.15, 0.2) is 66.6 Å². The molecule has 2 aromatic heterocycles. The Morgan fingerprint density at radius 2 is 2.00 bits per heavy atom. The third kappa shape index (κ3) is 2.41. The van der Waals surface area contributed by atoms with Gasteiger partial charge >= 0.3 is 5.97 Å². The molecule has 0 saturated carbocycles. The molecule has 1 atom stereocenters. The van der Waals surface area contributed by atoms with E-state index < -0.39 is 5.97 Å². The maximum atomic E-state index is 11.4. The highest BCUT2D eigenvalue weighted by Crippen LogP contribution is 2.30. The second kappa shape index (κ2) is 5.62. The van der Waals surface area contributed by atoms with Crippen LogP contribution in [0.3, 0.4) is 0 Å². The van der Waals surface area contributed by atoms with Crippen LogP contribution in [0.1, 0.15) is 11.6 Å². The van der Waals surface area contributed by atoms with Crippen LogP contribution in [0.25, 0.3) is 11.4 Å². The van der Waals surface area contributed by atoms with Gasteiger partial charge in [-0.05, 0) is 17.7 Å². The van der Waals surface area contributed by atoms with Crippen LogP contribution in [0.2, 0.25) is 0 Å².